The first-order valence-corrected chi connectivity index (χ1v) is 8.10. The Hall–Kier alpha value is -1.79. The highest BCUT2D eigenvalue weighted by Gasteiger charge is 2.31. The molecule has 1 aromatic rings. The molecule has 1 heterocycles. The van der Waals surface area contributed by atoms with Crippen molar-refractivity contribution in [2.75, 3.05) is 27.9 Å². The quantitative estimate of drug-likeness (QED) is 0.861. The van der Waals surface area contributed by atoms with Crippen LogP contribution in [0.3, 0.4) is 0 Å². The summed E-state index contributed by atoms with van der Waals surface area (Å²) >= 11 is 0. The van der Waals surface area contributed by atoms with E-state index in [1.54, 1.807) is 19.2 Å². The predicted molar refractivity (Wildman–Crippen MR) is 91.0 cm³/mol. The maximum absolute atomic E-state index is 11.7. The summed E-state index contributed by atoms with van der Waals surface area (Å²) in [6.07, 6.45) is 1.84. The molecule has 1 aliphatic rings. The van der Waals surface area contributed by atoms with Crippen LogP contribution in [0.4, 0.5) is 0 Å². The highest BCUT2D eigenvalue weighted by atomic mass is 16.5. The van der Waals surface area contributed by atoms with Crippen LogP contribution in [0.5, 0.6) is 11.5 Å². The van der Waals surface area contributed by atoms with Gasteiger partial charge in [-0.3, -0.25) is 4.90 Å². The van der Waals surface area contributed by atoms with E-state index in [2.05, 4.69) is 18.7 Å². The fourth-order valence-electron chi connectivity index (χ4n) is 3.23. The van der Waals surface area contributed by atoms with Crippen LogP contribution >= 0.6 is 0 Å². The first kappa shape index (κ1) is 18.5. The molecular formula is C18H27NO5. The molecule has 6 heteroatoms. The van der Waals surface area contributed by atoms with E-state index in [0.29, 0.717) is 36.3 Å². The number of aromatic carboxylic acids is 1. The lowest BCUT2D eigenvalue weighted by molar-refractivity contribution is -0.0810. The number of hydrogen-bond donors (Lipinski definition) is 1. The van der Waals surface area contributed by atoms with Gasteiger partial charge in [0, 0.05) is 30.8 Å². The Morgan fingerprint density at radius 2 is 2.08 bits per heavy atom. The smallest absolute Gasteiger partial charge is 0.336 e. The van der Waals surface area contributed by atoms with Gasteiger partial charge in [0.05, 0.1) is 25.4 Å². The Kier molecular flexibility index (Phi) is 5.72. The second-order valence-electron chi connectivity index (χ2n) is 6.83. The minimum absolute atomic E-state index is 0.156. The van der Waals surface area contributed by atoms with Gasteiger partial charge in [0.15, 0.2) is 0 Å². The van der Waals surface area contributed by atoms with Crippen LogP contribution < -0.4 is 9.47 Å². The van der Waals surface area contributed by atoms with E-state index in [0.717, 1.165) is 12.8 Å². The molecule has 1 fully saturated rings. The highest BCUT2D eigenvalue weighted by Crippen LogP contribution is 2.32. The third-order valence-electron chi connectivity index (χ3n) is 4.57. The van der Waals surface area contributed by atoms with Crippen LogP contribution in [0.2, 0.25) is 0 Å². The summed E-state index contributed by atoms with van der Waals surface area (Å²) < 4.78 is 16.4. The molecule has 1 aromatic carbocycles. The van der Waals surface area contributed by atoms with Gasteiger partial charge in [-0.1, -0.05) is 0 Å². The third-order valence-corrected chi connectivity index (χ3v) is 4.57. The Morgan fingerprint density at radius 1 is 1.38 bits per heavy atom. The number of nitrogens with zero attached hydrogens (tertiary/aromatic N) is 1. The number of carboxylic acid groups (broad SMARTS) is 1. The molecule has 1 unspecified atom stereocenters. The highest BCUT2D eigenvalue weighted by molar-refractivity contribution is 5.91. The van der Waals surface area contributed by atoms with E-state index >= 15 is 0 Å². The molecule has 0 aromatic heterocycles. The molecule has 6 nitrogen and oxygen atoms in total. The van der Waals surface area contributed by atoms with Crippen molar-refractivity contribution in [1.29, 1.82) is 0 Å². The molecule has 0 bridgehead atoms. The van der Waals surface area contributed by atoms with Gasteiger partial charge < -0.3 is 19.3 Å². The fraction of sp³-hybridized carbons (Fsp3) is 0.611. The zero-order valence-electron chi connectivity index (χ0n) is 15.1. The van der Waals surface area contributed by atoms with Crippen molar-refractivity contribution in [2.24, 2.45) is 0 Å². The number of hydrogen-bond acceptors (Lipinski definition) is 5. The first-order valence-electron chi connectivity index (χ1n) is 8.10. The second kappa shape index (κ2) is 7.40. The monoisotopic (exact) mass is 337 g/mol. The number of benzene rings is 1. The standard InChI is InChI=1S/C18H27NO5/c1-18(2)10-12(6-7-24-18)19(3)11-15-14(17(20)21)8-13(22-4)9-16(15)23-5/h8-9,12H,6-7,10-11H2,1-5H3,(H,20,21). The van der Waals surface area contributed by atoms with Crippen molar-refractivity contribution >= 4 is 5.97 Å². The van der Waals surface area contributed by atoms with Crippen molar-refractivity contribution in [2.45, 2.75) is 44.9 Å². The van der Waals surface area contributed by atoms with E-state index < -0.39 is 5.97 Å². The number of methoxy groups -OCH3 is 2. The predicted octanol–water partition coefficient (Wildman–Crippen LogP) is 2.79. The molecule has 0 amide bonds. The zero-order valence-corrected chi connectivity index (χ0v) is 15.1. The molecule has 0 radical (unpaired) electrons. The van der Waals surface area contributed by atoms with Crippen LogP contribution in [0.25, 0.3) is 0 Å². The Balaban J connectivity index is 2.29. The maximum atomic E-state index is 11.7. The lowest BCUT2D eigenvalue weighted by Crippen LogP contribution is -2.44. The zero-order chi connectivity index (χ0) is 17.9. The Morgan fingerprint density at radius 3 is 2.62 bits per heavy atom. The molecule has 1 N–H and O–H groups in total. The van der Waals surface area contributed by atoms with Gasteiger partial charge in [0.1, 0.15) is 11.5 Å². The summed E-state index contributed by atoms with van der Waals surface area (Å²) in [7, 11) is 5.07. The van der Waals surface area contributed by atoms with Crippen molar-refractivity contribution in [3.8, 4) is 11.5 Å². The summed E-state index contributed by atoms with van der Waals surface area (Å²) in [5, 5.41) is 9.56. The van der Waals surface area contributed by atoms with Gasteiger partial charge in [0.2, 0.25) is 0 Å². The van der Waals surface area contributed by atoms with E-state index in [1.807, 2.05) is 7.05 Å². The van der Waals surface area contributed by atoms with Gasteiger partial charge in [-0.25, -0.2) is 4.79 Å². The number of rotatable bonds is 6. The van der Waals surface area contributed by atoms with Crippen LogP contribution in [0.1, 0.15) is 42.6 Å². The van der Waals surface area contributed by atoms with Crippen LogP contribution in [0, 0.1) is 0 Å². The molecule has 1 saturated heterocycles. The minimum Gasteiger partial charge on any atom is -0.497 e. The summed E-state index contributed by atoms with van der Waals surface area (Å²) in [5.74, 6) is 0.0238. The summed E-state index contributed by atoms with van der Waals surface area (Å²) in [4.78, 5) is 13.9. The molecule has 0 spiro atoms. The second-order valence-corrected chi connectivity index (χ2v) is 6.83. The average molecular weight is 337 g/mol. The van der Waals surface area contributed by atoms with Gasteiger partial charge in [-0.15, -0.1) is 0 Å². The molecule has 134 valence electrons. The Labute approximate surface area is 143 Å². The average Bonchev–Trinajstić information content (AvgIpc) is 2.53. The van der Waals surface area contributed by atoms with Crippen molar-refractivity contribution < 1.29 is 24.1 Å². The topological polar surface area (TPSA) is 68.2 Å². The van der Waals surface area contributed by atoms with Crippen molar-refractivity contribution in [3.05, 3.63) is 23.3 Å². The van der Waals surface area contributed by atoms with E-state index in [9.17, 15) is 9.90 Å². The van der Waals surface area contributed by atoms with E-state index in [-0.39, 0.29) is 11.2 Å². The lowest BCUT2D eigenvalue weighted by Gasteiger charge is -2.40. The maximum Gasteiger partial charge on any atom is 0.336 e. The number of carboxylic acids is 1. The lowest BCUT2D eigenvalue weighted by atomic mass is 9.92. The first-order chi connectivity index (χ1) is 11.3. The number of carbonyl (C=O) groups is 1. The fourth-order valence-corrected chi connectivity index (χ4v) is 3.23. The summed E-state index contributed by atoms with van der Waals surface area (Å²) in [6.45, 7) is 5.39. The molecule has 2 rings (SSSR count). The summed E-state index contributed by atoms with van der Waals surface area (Å²) in [6, 6.07) is 3.60. The van der Waals surface area contributed by atoms with E-state index in [1.165, 1.54) is 7.11 Å². The summed E-state index contributed by atoms with van der Waals surface area (Å²) in [5.41, 5.74) is 0.721. The molecule has 1 aliphatic heterocycles. The Bertz CT molecular complexity index is 599. The van der Waals surface area contributed by atoms with Crippen molar-refractivity contribution in [3.63, 3.8) is 0 Å². The van der Waals surface area contributed by atoms with E-state index in [4.69, 9.17) is 14.2 Å². The van der Waals surface area contributed by atoms with Gasteiger partial charge in [-0.2, -0.15) is 0 Å². The number of ether oxygens (including phenoxy) is 3. The normalized spacial score (nSPS) is 20.0. The molecule has 0 aliphatic carbocycles. The largest absolute Gasteiger partial charge is 0.497 e. The minimum atomic E-state index is -0.983. The van der Waals surface area contributed by atoms with Gasteiger partial charge in [-0.05, 0) is 39.8 Å². The van der Waals surface area contributed by atoms with Crippen LogP contribution in [-0.4, -0.2) is 55.5 Å². The van der Waals surface area contributed by atoms with Crippen molar-refractivity contribution in [1.82, 2.24) is 4.90 Å². The molecule has 0 saturated carbocycles. The van der Waals surface area contributed by atoms with Gasteiger partial charge >= 0.3 is 5.97 Å². The van der Waals surface area contributed by atoms with Crippen LogP contribution in [-0.2, 0) is 11.3 Å². The van der Waals surface area contributed by atoms with Crippen LogP contribution in [0.15, 0.2) is 12.1 Å². The SMILES string of the molecule is COc1cc(OC)c(CN(C)C2CCOC(C)(C)C2)c(C(=O)O)c1. The molecule has 1 atom stereocenters. The molecule has 24 heavy (non-hydrogen) atoms. The molecular weight excluding hydrogens is 310 g/mol. The third kappa shape index (κ3) is 4.19. The van der Waals surface area contributed by atoms with Gasteiger partial charge in [0.25, 0.3) is 0 Å².